The Morgan fingerprint density at radius 3 is 3.00 bits per heavy atom. The van der Waals surface area contributed by atoms with E-state index in [9.17, 15) is 4.79 Å². The number of hydrogen-bond acceptors (Lipinski definition) is 5. The third-order valence-electron chi connectivity index (χ3n) is 4.10. The van der Waals surface area contributed by atoms with Crippen molar-refractivity contribution in [2.24, 2.45) is 11.7 Å². The molecule has 0 bridgehead atoms. The molecule has 2 heterocycles. The number of carbonyl (C=O) groups excluding carboxylic acids is 1. The number of carbonyl (C=O) groups is 1. The maximum Gasteiger partial charge on any atom is 0.229 e. The molecule has 2 atom stereocenters. The third-order valence-corrected chi connectivity index (χ3v) is 4.10. The standard InChI is InChI=1S/C17H21N5O2/c1-3-4-9-24-13-8-6-5-7-12(13)15-14(16(18)23)11(2)21-17-19-10-20-22(15)17/h5-8,10,14-15H,2-4,9H2,1H3,(H2,18,23)(H,19,20,21). The molecule has 7 nitrogen and oxygen atoms in total. The van der Waals surface area contributed by atoms with Crippen LogP contribution in [0.15, 0.2) is 42.9 Å². The Balaban J connectivity index is 2.06. The fourth-order valence-corrected chi connectivity index (χ4v) is 2.92. The molecule has 126 valence electrons. The summed E-state index contributed by atoms with van der Waals surface area (Å²) in [6, 6.07) is 7.19. The van der Waals surface area contributed by atoms with Crippen LogP contribution in [-0.2, 0) is 4.79 Å². The Labute approximate surface area is 140 Å². The maximum atomic E-state index is 12.1. The number of rotatable bonds is 6. The smallest absolute Gasteiger partial charge is 0.229 e. The van der Waals surface area contributed by atoms with Crippen molar-refractivity contribution in [2.45, 2.75) is 25.8 Å². The highest BCUT2D eigenvalue weighted by molar-refractivity contribution is 5.82. The van der Waals surface area contributed by atoms with Gasteiger partial charge in [0.1, 0.15) is 24.0 Å². The zero-order valence-electron chi connectivity index (χ0n) is 13.6. The fourth-order valence-electron chi connectivity index (χ4n) is 2.92. The summed E-state index contributed by atoms with van der Waals surface area (Å²) in [6.07, 6.45) is 3.44. The van der Waals surface area contributed by atoms with Crippen LogP contribution in [0, 0.1) is 5.92 Å². The molecule has 0 fully saturated rings. The minimum Gasteiger partial charge on any atom is -0.493 e. The molecule has 0 radical (unpaired) electrons. The first-order valence-electron chi connectivity index (χ1n) is 7.99. The maximum absolute atomic E-state index is 12.1. The minimum atomic E-state index is -0.643. The zero-order chi connectivity index (χ0) is 17.1. The summed E-state index contributed by atoms with van der Waals surface area (Å²) in [6.45, 7) is 6.67. The van der Waals surface area contributed by atoms with Crippen LogP contribution in [0.5, 0.6) is 5.75 Å². The van der Waals surface area contributed by atoms with E-state index in [1.54, 1.807) is 4.68 Å². The number of nitrogens with zero attached hydrogens (tertiary/aromatic N) is 3. The largest absolute Gasteiger partial charge is 0.493 e. The number of anilines is 1. The molecule has 24 heavy (non-hydrogen) atoms. The van der Waals surface area contributed by atoms with Gasteiger partial charge >= 0.3 is 0 Å². The van der Waals surface area contributed by atoms with Gasteiger partial charge in [-0.2, -0.15) is 10.1 Å². The number of para-hydroxylation sites is 1. The van der Waals surface area contributed by atoms with Gasteiger partial charge in [-0.1, -0.05) is 38.1 Å². The average molecular weight is 327 g/mol. The van der Waals surface area contributed by atoms with Gasteiger partial charge in [-0.3, -0.25) is 4.79 Å². The van der Waals surface area contributed by atoms with Gasteiger partial charge in [-0.15, -0.1) is 0 Å². The second-order valence-electron chi connectivity index (χ2n) is 5.74. The molecule has 1 aromatic heterocycles. The van der Waals surface area contributed by atoms with E-state index >= 15 is 0 Å². The molecule has 2 unspecified atom stereocenters. The Kier molecular flexibility index (Phi) is 4.50. The lowest BCUT2D eigenvalue weighted by Gasteiger charge is -2.33. The highest BCUT2D eigenvalue weighted by atomic mass is 16.5. The number of nitrogens with two attached hydrogens (primary N) is 1. The van der Waals surface area contributed by atoms with Gasteiger partial charge < -0.3 is 15.8 Å². The number of hydrogen-bond donors (Lipinski definition) is 2. The van der Waals surface area contributed by atoms with Crippen LogP contribution < -0.4 is 15.8 Å². The van der Waals surface area contributed by atoms with Crippen molar-refractivity contribution in [3.63, 3.8) is 0 Å². The number of primary amides is 1. The second kappa shape index (κ2) is 6.74. The van der Waals surface area contributed by atoms with Crippen LogP contribution in [0.25, 0.3) is 0 Å². The van der Waals surface area contributed by atoms with Gasteiger partial charge in [0.15, 0.2) is 0 Å². The number of amides is 1. The molecule has 0 aliphatic carbocycles. The van der Waals surface area contributed by atoms with Gasteiger partial charge in [0.25, 0.3) is 0 Å². The van der Waals surface area contributed by atoms with Gasteiger partial charge in [-0.05, 0) is 12.5 Å². The monoisotopic (exact) mass is 327 g/mol. The van der Waals surface area contributed by atoms with Crippen molar-refractivity contribution >= 4 is 11.9 Å². The van der Waals surface area contributed by atoms with Gasteiger partial charge in [0.2, 0.25) is 11.9 Å². The van der Waals surface area contributed by atoms with Crippen molar-refractivity contribution in [1.82, 2.24) is 14.8 Å². The van der Waals surface area contributed by atoms with Crippen LogP contribution >= 0.6 is 0 Å². The average Bonchev–Trinajstić information content (AvgIpc) is 3.02. The molecule has 0 spiro atoms. The van der Waals surface area contributed by atoms with Crippen molar-refractivity contribution in [3.8, 4) is 5.75 Å². The van der Waals surface area contributed by atoms with E-state index in [0.29, 0.717) is 18.3 Å². The molecule has 1 aromatic carbocycles. The first-order chi connectivity index (χ1) is 11.6. The van der Waals surface area contributed by atoms with Gasteiger partial charge in [-0.25, -0.2) is 4.68 Å². The third kappa shape index (κ3) is 2.84. The first-order valence-corrected chi connectivity index (χ1v) is 7.99. The summed E-state index contributed by atoms with van der Waals surface area (Å²) < 4.78 is 7.58. The number of unbranched alkanes of at least 4 members (excludes halogenated alkanes) is 1. The number of nitrogens with one attached hydrogen (secondary N) is 1. The molecule has 1 aliphatic rings. The Bertz CT molecular complexity index is 755. The quantitative estimate of drug-likeness (QED) is 0.792. The molecule has 7 heteroatoms. The van der Waals surface area contributed by atoms with Crippen molar-refractivity contribution in [3.05, 3.63) is 48.4 Å². The predicted octanol–water partition coefficient (Wildman–Crippen LogP) is 2.09. The van der Waals surface area contributed by atoms with E-state index in [0.717, 1.165) is 24.2 Å². The SMILES string of the molecule is C=C1Nc2ncnn2C(c2ccccc2OCCCC)C1C(N)=O. The second-order valence-corrected chi connectivity index (χ2v) is 5.74. The predicted molar refractivity (Wildman–Crippen MR) is 90.5 cm³/mol. The highest BCUT2D eigenvalue weighted by Crippen LogP contribution is 2.40. The van der Waals surface area contributed by atoms with Gasteiger partial charge in [0.05, 0.1) is 6.61 Å². The summed E-state index contributed by atoms with van der Waals surface area (Å²) in [5.41, 5.74) is 6.99. The summed E-state index contributed by atoms with van der Waals surface area (Å²) >= 11 is 0. The van der Waals surface area contributed by atoms with E-state index in [1.807, 2.05) is 24.3 Å². The van der Waals surface area contributed by atoms with Crippen molar-refractivity contribution in [2.75, 3.05) is 11.9 Å². The van der Waals surface area contributed by atoms with E-state index in [2.05, 4.69) is 28.9 Å². The topological polar surface area (TPSA) is 95.1 Å². The molecule has 2 aromatic rings. The number of aromatic nitrogens is 3. The van der Waals surface area contributed by atoms with Crippen LogP contribution in [0.1, 0.15) is 31.4 Å². The number of fused-ring (bicyclic) bond motifs is 1. The Morgan fingerprint density at radius 2 is 2.25 bits per heavy atom. The van der Waals surface area contributed by atoms with Crippen molar-refractivity contribution in [1.29, 1.82) is 0 Å². The molecule has 3 N–H and O–H groups in total. The molecule has 0 saturated carbocycles. The summed E-state index contributed by atoms with van der Waals surface area (Å²) in [5.74, 6) is 0.140. The number of ether oxygens (including phenoxy) is 1. The fraction of sp³-hybridized carbons (Fsp3) is 0.353. The summed E-state index contributed by atoms with van der Waals surface area (Å²) in [7, 11) is 0. The molecule has 0 saturated heterocycles. The molecule has 1 amide bonds. The molecular formula is C17H21N5O2. The summed E-state index contributed by atoms with van der Waals surface area (Å²) in [4.78, 5) is 16.2. The molecular weight excluding hydrogens is 306 g/mol. The van der Waals surface area contributed by atoms with Crippen LogP contribution in [0.2, 0.25) is 0 Å². The molecule has 3 rings (SSSR count). The summed E-state index contributed by atoms with van der Waals surface area (Å²) in [5, 5.41) is 7.25. The van der Waals surface area contributed by atoms with E-state index < -0.39 is 17.9 Å². The Morgan fingerprint density at radius 1 is 1.46 bits per heavy atom. The van der Waals surface area contributed by atoms with E-state index in [1.165, 1.54) is 6.33 Å². The minimum absolute atomic E-state index is 0.438. The lowest BCUT2D eigenvalue weighted by molar-refractivity contribution is -0.121. The van der Waals surface area contributed by atoms with Crippen LogP contribution in [0.4, 0.5) is 5.95 Å². The number of benzene rings is 1. The van der Waals surface area contributed by atoms with Gasteiger partial charge in [0, 0.05) is 11.3 Å². The zero-order valence-corrected chi connectivity index (χ0v) is 13.6. The normalized spacial score (nSPS) is 19.5. The van der Waals surface area contributed by atoms with E-state index in [-0.39, 0.29) is 0 Å². The first kappa shape index (κ1) is 16.0. The lowest BCUT2D eigenvalue weighted by Crippen LogP contribution is -2.40. The van der Waals surface area contributed by atoms with Crippen molar-refractivity contribution < 1.29 is 9.53 Å². The Hall–Kier alpha value is -2.83. The highest BCUT2D eigenvalue weighted by Gasteiger charge is 2.39. The molecule has 1 aliphatic heterocycles. The van der Waals surface area contributed by atoms with E-state index in [4.69, 9.17) is 10.5 Å². The lowest BCUT2D eigenvalue weighted by atomic mass is 9.88. The van der Waals surface area contributed by atoms with Crippen LogP contribution in [-0.4, -0.2) is 27.3 Å². The van der Waals surface area contributed by atoms with Crippen LogP contribution in [0.3, 0.4) is 0 Å².